The molecule has 1 amide bonds. The van der Waals surface area contributed by atoms with Gasteiger partial charge in [-0.2, -0.15) is 5.26 Å². The average molecular weight is 617 g/mol. The molecule has 0 saturated carbocycles. The van der Waals surface area contributed by atoms with Gasteiger partial charge in [0.05, 0.1) is 11.4 Å². The number of thiocarbonyl (C=S) groups is 1. The first-order valence-corrected chi connectivity index (χ1v) is 15.9. The summed E-state index contributed by atoms with van der Waals surface area (Å²) in [7, 11) is 0. The number of thioether (sulfide) groups is 1. The van der Waals surface area contributed by atoms with Crippen molar-refractivity contribution >= 4 is 57.7 Å². The van der Waals surface area contributed by atoms with Crippen LogP contribution in [0.3, 0.4) is 0 Å². The lowest BCUT2D eigenvalue weighted by molar-refractivity contribution is -0.122. The first-order valence-electron chi connectivity index (χ1n) is 14.3. The third kappa shape index (κ3) is 6.19. The van der Waals surface area contributed by atoms with Crippen molar-refractivity contribution < 1.29 is 4.79 Å². The van der Waals surface area contributed by atoms with Gasteiger partial charge < -0.3 is 4.90 Å². The van der Waals surface area contributed by atoms with Crippen molar-refractivity contribution in [1.29, 1.82) is 5.26 Å². The van der Waals surface area contributed by atoms with Crippen molar-refractivity contribution in [3.63, 3.8) is 0 Å². The number of anilines is 1. The van der Waals surface area contributed by atoms with Gasteiger partial charge in [-0.1, -0.05) is 91.0 Å². The number of halogens is 1. The molecule has 1 aromatic heterocycles. The quantitative estimate of drug-likeness (QED) is 0.201. The number of pyridine rings is 1. The van der Waals surface area contributed by atoms with Crippen molar-refractivity contribution in [1.82, 2.24) is 9.47 Å². The summed E-state index contributed by atoms with van der Waals surface area (Å²) >= 11 is 13.2. The van der Waals surface area contributed by atoms with Crippen LogP contribution in [-0.2, 0) is 24.3 Å². The zero-order valence-electron chi connectivity index (χ0n) is 23.8. The Bertz CT molecular complexity index is 1640. The smallest absolute Gasteiger partial charge is 0.270 e. The molecule has 3 aromatic rings. The molecule has 0 bridgehead atoms. The molecule has 0 atom stereocenters. The van der Waals surface area contributed by atoms with Crippen LogP contribution in [0.4, 0.5) is 5.82 Å². The average Bonchev–Trinajstić information content (AvgIpc) is 3.25. The molecule has 0 radical (unpaired) electrons. The SMILES string of the molecule is CCCn1c(N2CCC(Cc3ccccc3)CC2)c(C=C2SC(=S)N(Cc3ccccc3Cl)C2=O)c(C)c(C#N)c1=O. The molecule has 2 saturated heterocycles. The van der Waals surface area contributed by atoms with Crippen molar-refractivity contribution in [2.75, 3.05) is 18.0 Å². The van der Waals surface area contributed by atoms with E-state index in [1.165, 1.54) is 17.3 Å². The number of piperidine rings is 1. The van der Waals surface area contributed by atoms with Gasteiger partial charge >= 0.3 is 0 Å². The number of amides is 1. The highest BCUT2D eigenvalue weighted by atomic mass is 35.5. The molecule has 216 valence electrons. The van der Waals surface area contributed by atoms with Crippen LogP contribution in [0.2, 0.25) is 5.02 Å². The summed E-state index contributed by atoms with van der Waals surface area (Å²) in [5.41, 5.74) is 3.32. The Morgan fingerprint density at radius 2 is 1.79 bits per heavy atom. The fourth-order valence-corrected chi connectivity index (χ4v) is 7.21. The summed E-state index contributed by atoms with van der Waals surface area (Å²) < 4.78 is 2.19. The monoisotopic (exact) mass is 616 g/mol. The number of aromatic nitrogens is 1. The lowest BCUT2D eigenvalue weighted by atomic mass is 9.90. The highest BCUT2D eigenvalue weighted by molar-refractivity contribution is 8.26. The summed E-state index contributed by atoms with van der Waals surface area (Å²) in [6, 6.07) is 20.1. The van der Waals surface area contributed by atoms with E-state index >= 15 is 0 Å². The maximum absolute atomic E-state index is 13.6. The minimum absolute atomic E-state index is 0.115. The highest BCUT2D eigenvalue weighted by Gasteiger charge is 2.34. The fourth-order valence-electron chi connectivity index (χ4n) is 5.78. The molecule has 0 unspecified atom stereocenters. The molecular weight excluding hydrogens is 584 g/mol. The Labute approximate surface area is 261 Å². The van der Waals surface area contributed by atoms with E-state index in [2.05, 4.69) is 35.2 Å². The van der Waals surface area contributed by atoms with Crippen molar-refractivity contribution in [2.24, 2.45) is 5.92 Å². The summed E-state index contributed by atoms with van der Waals surface area (Å²) in [6.07, 6.45) is 5.59. The first kappa shape index (κ1) is 30.1. The normalized spacial score (nSPS) is 16.9. The van der Waals surface area contributed by atoms with Crippen LogP contribution in [0.5, 0.6) is 0 Å². The number of nitriles is 1. The van der Waals surface area contributed by atoms with Gasteiger partial charge in [0.25, 0.3) is 11.5 Å². The number of hydrogen-bond acceptors (Lipinski definition) is 6. The molecule has 0 aliphatic carbocycles. The molecule has 2 aliphatic rings. The van der Waals surface area contributed by atoms with E-state index in [0.717, 1.165) is 55.7 Å². The number of benzene rings is 2. The standard InChI is InChI=1S/C33H33ClN4O2S2/c1-3-15-37-30(36-16-13-24(14-17-36)18-23-9-5-4-6-10-23)26(22(2)27(20-35)31(37)39)19-29-32(40)38(33(41)42-29)21-25-11-7-8-12-28(25)34/h4-12,19,24H,3,13-18,21H2,1-2H3. The van der Waals surface area contributed by atoms with Crippen LogP contribution >= 0.6 is 35.6 Å². The summed E-state index contributed by atoms with van der Waals surface area (Å²) in [5, 5.41) is 10.5. The second-order valence-electron chi connectivity index (χ2n) is 10.8. The second kappa shape index (κ2) is 13.3. The van der Waals surface area contributed by atoms with Gasteiger partial charge in [-0.3, -0.25) is 19.1 Å². The summed E-state index contributed by atoms with van der Waals surface area (Å²) in [5.74, 6) is 1.13. The van der Waals surface area contributed by atoms with Crippen molar-refractivity contribution in [3.05, 3.63) is 103 Å². The van der Waals surface area contributed by atoms with E-state index < -0.39 is 0 Å². The molecule has 42 heavy (non-hydrogen) atoms. The molecule has 2 fully saturated rings. The molecule has 3 heterocycles. The molecule has 6 nitrogen and oxygen atoms in total. The molecule has 2 aromatic carbocycles. The van der Waals surface area contributed by atoms with Gasteiger partial charge in [-0.05, 0) is 67.4 Å². The lowest BCUT2D eigenvalue weighted by Gasteiger charge is -2.36. The van der Waals surface area contributed by atoms with Crippen LogP contribution in [0.1, 0.15) is 54.0 Å². The Balaban J connectivity index is 1.50. The van der Waals surface area contributed by atoms with Crippen LogP contribution in [0.15, 0.2) is 64.3 Å². The van der Waals surface area contributed by atoms with Gasteiger partial charge in [0.2, 0.25) is 0 Å². The summed E-state index contributed by atoms with van der Waals surface area (Å²) in [4.78, 5) is 31.5. The van der Waals surface area contributed by atoms with Gasteiger partial charge in [0.15, 0.2) is 0 Å². The zero-order chi connectivity index (χ0) is 29.8. The molecule has 2 aliphatic heterocycles. The number of carbonyl (C=O) groups is 1. The van der Waals surface area contributed by atoms with E-state index in [-0.39, 0.29) is 23.6 Å². The molecule has 0 N–H and O–H groups in total. The third-order valence-corrected chi connectivity index (χ3v) is 9.76. The predicted octanol–water partition coefficient (Wildman–Crippen LogP) is 6.95. The van der Waals surface area contributed by atoms with Crippen LogP contribution in [-0.4, -0.2) is 32.8 Å². The first-order chi connectivity index (χ1) is 20.3. The van der Waals surface area contributed by atoms with E-state index in [9.17, 15) is 14.9 Å². The van der Waals surface area contributed by atoms with E-state index in [1.54, 1.807) is 22.5 Å². The fraction of sp³-hybridized carbons (Fsp3) is 0.333. The minimum Gasteiger partial charge on any atom is -0.357 e. The number of rotatable bonds is 8. The van der Waals surface area contributed by atoms with Crippen LogP contribution < -0.4 is 10.5 Å². The minimum atomic E-state index is -0.276. The van der Waals surface area contributed by atoms with Gasteiger partial charge in [0.1, 0.15) is 21.8 Å². The molecular formula is C33H33ClN4O2S2. The number of hydrogen-bond donors (Lipinski definition) is 0. The number of nitrogens with zero attached hydrogens (tertiary/aromatic N) is 4. The second-order valence-corrected chi connectivity index (χ2v) is 12.9. The van der Waals surface area contributed by atoms with Gasteiger partial charge in [0, 0.05) is 30.2 Å². The van der Waals surface area contributed by atoms with E-state index in [0.29, 0.717) is 32.3 Å². The third-order valence-electron chi connectivity index (χ3n) is 8.01. The predicted molar refractivity (Wildman–Crippen MR) is 176 cm³/mol. The van der Waals surface area contributed by atoms with E-state index in [1.807, 2.05) is 37.3 Å². The Hall–Kier alpha value is -3.38. The largest absolute Gasteiger partial charge is 0.357 e. The topological polar surface area (TPSA) is 69.3 Å². The van der Waals surface area contributed by atoms with Crippen LogP contribution in [0, 0.1) is 24.2 Å². The molecule has 5 rings (SSSR count). The zero-order valence-corrected chi connectivity index (χ0v) is 26.2. The van der Waals surface area contributed by atoms with E-state index in [4.69, 9.17) is 23.8 Å². The number of carbonyl (C=O) groups excluding carboxylic acids is 1. The maximum atomic E-state index is 13.6. The van der Waals surface area contributed by atoms with Crippen molar-refractivity contribution in [2.45, 2.75) is 52.6 Å². The maximum Gasteiger partial charge on any atom is 0.270 e. The Morgan fingerprint density at radius 1 is 1.10 bits per heavy atom. The highest BCUT2D eigenvalue weighted by Crippen LogP contribution is 2.38. The molecule has 0 spiro atoms. The molecule has 9 heteroatoms. The lowest BCUT2D eigenvalue weighted by Crippen LogP contribution is -2.40. The Morgan fingerprint density at radius 3 is 2.45 bits per heavy atom. The summed E-state index contributed by atoms with van der Waals surface area (Å²) in [6.45, 7) is 6.18. The van der Waals surface area contributed by atoms with Gasteiger partial charge in [-0.15, -0.1) is 0 Å². The van der Waals surface area contributed by atoms with Gasteiger partial charge in [-0.25, -0.2) is 0 Å². The van der Waals surface area contributed by atoms with Crippen LogP contribution in [0.25, 0.3) is 6.08 Å². The van der Waals surface area contributed by atoms with Crippen molar-refractivity contribution in [3.8, 4) is 6.07 Å². The Kier molecular flexibility index (Phi) is 9.52.